The lowest BCUT2D eigenvalue weighted by atomic mass is 9.88. The van der Waals surface area contributed by atoms with Gasteiger partial charge in [-0.1, -0.05) is 19.1 Å². The average molecular weight is 437 g/mol. The molecule has 0 N–H and O–H groups in total. The molecule has 2 aliphatic rings. The van der Waals surface area contributed by atoms with Crippen LogP contribution in [0.2, 0.25) is 0 Å². The Kier molecular flexibility index (Phi) is 4.43. The zero-order chi connectivity index (χ0) is 22.7. The standard InChI is InChI=1S/C28H25FN4/c1-18-10-27-22(14-31-33(27)24-8-6-23(29)7-9-24)12-25(18)28-17-32(16-26(28)19(28)2)15-21-5-3-4-20(11-21)13-30/h3-12,14,19,26H,15-17H2,1-2H3/t19-,26-,28+/m1/s1. The highest BCUT2D eigenvalue weighted by Gasteiger charge is 2.67. The lowest BCUT2D eigenvalue weighted by Crippen LogP contribution is -2.28. The van der Waals surface area contributed by atoms with Gasteiger partial charge in [-0.05, 0) is 84.0 Å². The normalized spacial score (nSPS) is 24.1. The molecular weight excluding hydrogens is 411 g/mol. The summed E-state index contributed by atoms with van der Waals surface area (Å²) in [6.07, 6.45) is 1.92. The summed E-state index contributed by atoms with van der Waals surface area (Å²) in [4.78, 5) is 2.53. The van der Waals surface area contributed by atoms with Gasteiger partial charge in [-0.2, -0.15) is 10.4 Å². The van der Waals surface area contributed by atoms with Crippen LogP contribution in [0.25, 0.3) is 16.6 Å². The molecule has 0 bridgehead atoms. The highest BCUT2D eigenvalue weighted by Crippen LogP contribution is 2.64. The minimum Gasteiger partial charge on any atom is -0.298 e. The second kappa shape index (κ2) is 7.26. The van der Waals surface area contributed by atoms with Crippen LogP contribution in [0.1, 0.15) is 29.2 Å². The van der Waals surface area contributed by atoms with Crippen molar-refractivity contribution < 1.29 is 4.39 Å². The maximum absolute atomic E-state index is 13.4. The first kappa shape index (κ1) is 20.1. The van der Waals surface area contributed by atoms with E-state index < -0.39 is 0 Å². The third-order valence-electron chi connectivity index (χ3n) is 7.86. The minimum absolute atomic E-state index is 0.184. The molecule has 1 aliphatic carbocycles. The first-order chi connectivity index (χ1) is 16.0. The van der Waals surface area contributed by atoms with Gasteiger partial charge in [-0.3, -0.25) is 4.90 Å². The number of aromatic nitrogens is 2. The number of hydrogen-bond acceptors (Lipinski definition) is 3. The van der Waals surface area contributed by atoms with Crippen LogP contribution in [0.4, 0.5) is 4.39 Å². The molecule has 4 aromatic rings. The van der Waals surface area contributed by atoms with Gasteiger partial charge in [0.05, 0.1) is 29.0 Å². The van der Waals surface area contributed by atoms with Crippen LogP contribution in [0, 0.1) is 35.9 Å². The van der Waals surface area contributed by atoms with E-state index in [2.05, 4.69) is 48.1 Å². The monoisotopic (exact) mass is 436 g/mol. The third kappa shape index (κ3) is 3.09. The molecule has 2 fully saturated rings. The van der Waals surface area contributed by atoms with Gasteiger partial charge in [-0.15, -0.1) is 0 Å². The van der Waals surface area contributed by atoms with E-state index in [1.807, 2.05) is 29.1 Å². The first-order valence-electron chi connectivity index (χ1n) is 11.5. The van der Waals surface area contributed by atoms with Crippen molar-refractivity contribution in [1.82, 2.24) is 14.7 Å². The van der Waals surface area contributed by atoms with Gasteiger partial charge < -0.3 is 0 Å². The molecule has 1 saturated carbocycles. The number of piperidine rings is 1. The zero-order valence-corrected chi connectivity index (χ0v) is 18.8. The van der Waals surface area contributed by atoms with Crippen LogP contribution in [0.3, 0.4) is 0 Å². The highest BCUT2D eigenvalue weighted by molar-refractivity contribution is 5.83. The fourth-order valence-corrected chi connectivity index (χ4v) is 6.14. The molecule has 33 heavy (non-hydrogen) atoms. The molecule has 0 radical (unpaired) electrons. The molecule has 0 unspecified atom stereocenters. The van der Waals surface area contributed by atoms with Crippen molar-refractivity contribution >= 4 is 10.9 Å². The van der Waals surface area contributed by atoms with Gasteiger partial charge in [0.2, 0.25) is 0 Å². The number of aryl methyl sites for hydroxylation is 1. The maximum Gasteiger partial charge on any atom is 0.123 e. The summed E-state index contributed by atoms with van der Waals surface area (Å²) in [5.74, 6) is 1.06. The molecule has 3 aromatic carbocycles. The van der Waals surface area contributed by atoms with Crippen LogP contribution < -0.4 is 0 Å². The van der Waals surface area contributed by atoms with Gasteiger partial charge in [0, 0.05) is 30.4 Å². The van der Waals surface area contributed by atoms with Crippen molar-refractivity contribution in [2.75, 3.05) is 13.1 Å². The summed E-state index contributed by atoms with van der Waals surface area (Å²) >= 11 is 0. The average Bonchev–Trinajstić information content (AvgIpc) is 3.15. The molecule has 3 atom stereocenters. The van der Waals surface area contributed by atoms with Crippen LogP contribution in [-0.4, -0.2) is 27.8 Å². The SMILES string of the molecule is Cc1cc2c(cnn2-c2ccc(F)cc2)cc1[C@@]12CN(Cc3cccc(C#N)c3)C[C@@H]1[C@H]2C. The van der Waals surface area contributed by atoms with Crippen molar-refractivity contribution in [3.8, 4) is 11.8 Å². The Balaban J connectivity index is 1.32. The molecule has 164 valence electrons. The van der Waals surface area contributed by atoms with Crippen LogP contribution in [0.5, 0.6) is 0 Å². The predicted molar refractivity (Wildman–Crippen MR) is 127 cm³/mol. The Bertz CT molecular complexity index is 1410. The van der Waals surface area contributed by atoms with Gasteiger partial charge in [-0.25, -0.2) is 9.07 Å². The second-order valence-corrected chi connectivity index (χ2v) is 9.68. The van der Waals surface area contributed by atoms with Crippen LogP contribution >= 0.6 is 0 Å². The summed E-state index contributed by atoms with van der Waals surface area (Å²) in [5, 5.41) is 14.9. The van der Waals surface area contributed by atoms with E-state index in [1.165, 1.54) is 28.8 Å². The van der Waals surface area contributed by atoms with E-state index in [0.717, 1.165) is 41.8 Å². The van der Waals surface area contributed by atoms with Crippen LogP contribution in [0.15, 0.2) is 66.9 Å². The number of fused-ring (bicyclic) bond motifs is 2. The van der Waals surface area contributed by atoms with Gasteiger partial charge >= 0.3 is 0 Å². The van der Waals surface area contributed by atoms with Crippen molar-refractivity contribution in [2.24, 2.45) is 11.8 Å². The predicted octanol–water partition coefficient (Wildman–Crippen LogP) is 5.36. The van der Waals surface area contributed by atoms with Gasteiger partial charge in [0.25, 0.3) is 0 Å². The Hall–Kier alpha value is -3.49. The Morgan fingerprint density at radius 1 is 1.15 bits per heavy atom. The third-order valence-corrected chi connectivity index (χ3v) is 7.86. The number of likely N-dealkylation sites (tertiary alicyclic amines) is 1. The lowest BCUT2D eigenvalue weighted by molar-refractivity contribution is 0.273. The fourth-order valence-electron chi connectivity index (χ4n) is 6.14. The Morgan fingerprint density at radius 2 is 1.97 bits per heavy atom. The molecule has 1 aromatic heterocycles. The van der Waals surface area contributed by atoms with E-state index in [1.54, 1.807) is 12.1 Å². The topological polar surface area (TPSA) is 44.9 Å². The molecule has 6 rings (SSSR count). The maximum atomic E-state index is 13.4. The summed E-state index contributed by atoms with van der Waals surface area (Å²) < 4.78 is 15.3. The molecule has 5 heteroatoms. The summed E-state index contributed by atoms with van der Waals surface area (Å²) in [6.45, 7) is 7.58. The van der Waals surface area contributed by atoms with Crippen molar-refractivity contribution in [3.63, 3.8) is 0 Å². The summed E-state index contributed by atoms with van der Waals surface area (Å²) in [7, 11) is 0. The van der Waals surface area contributed by atoms with E-state index in [4.69, 9.17) is 0 Å². The Labute approximate surface area is 192 Å². The number of halogens is 1. The highest BCUT2D eigenvalue weighted by atomic mass is 19.1. The largest absolute Gasteiger partial charge is 0.298 e. The lowest BCUT2D eigenvalue weighted by Gasteiger charge is -2.24. The minimum atomic E-state index is -0.244. The Morgan fingerprint density at radius 3 is 2.76 bits per heavy atom. The summed E-state index contributed by atoms with van der Waals surface area (Å²) in [5.41, 5.74) is 6.73. The number of hydrogen-bond donors (Lipinski definition) is 0. The summed E-state index contributed by atoms with van der Waals surface area (Å²) in [6, 6.07) is 21.2. The zero-order valence-electron chi connectivity index (χ0n) is 18.8. The molecule has 4 nitrogen and oxygen atoms in total. The quantitative estimate of drug-likeness (QED) is 0.432. The van der Waals surface area contributed by atoms with Gasteiger partial charge in [0.15, 0.2) is 0 Å². The molecule has 0 spiro atoms. The molecule has 0 amide bonds. The molecule has 1 aliphatic heterocycles. The van der Waals surface area contributed by atoms with E-state index in [-0.39, 0.29) is 11.2 Å². The van der Waals surface area contributed by atoms with E-state index >= 15 is 0 Å². The van der Waals surface area contributed by atoms with E-state index in [9.17, 15) is 9.65 Å². The second-order valence-electron chi connectivity index (χ2n) is 9.68. The van der Waals surface area contributed by atoms with Crippen molar-refractivity contribution in [3.05, 3.63) is 94.9 Å². The molecular formula is C28H25FN4. The molecule has 1 saturated heterocycles. The number of rotatable bonds is 4. The molecule has 2 heterocycles. The number of nitrogens with zero attached hydrogens (tertiary/aromatic N) is 4. The van der Waals surface area contributed by atoms with E-state index in [0.29, 0.717) is 11.8 Å². The van der Waals surface area contributed by atoms with Crippen molar-refractivity contribution in [2.45, 2.75) is 25.8 Å². The first-order valence-corrected chi connectivity index (χ1v) is 11.5. The van der Waals surface area contributed by atoms with Crippen LogP contribution in [-0.2, 0) is 12.0 Å². The number of benzene rings is 3. The van der Waals surface area contributed by atoms with Gasteiger partial charge in [0.1, 0.15) is 5.82 Å². The van der Waals surface area contributed by atoms with Crippen molar-refractivity contribution in [1.29, 1.82) is 5.26 Å². The fraction of sp³-hybridized carbons (Fsp3) is 0.286. The smallest absolute Gasteiger partial charge is 0.123 e. The number of nitriles is 1.